The van der Waals surface area contributed by atoms with Gasteiger partial charge in [-0.1, -0.05) is 37.3 Å². The van der Waals surface area contributed by atoms with E-state index in [1.165, 1.54) is 17.4 Å². The van der Waals surface area contributed by atoms with E-state index in [-0.39, 0.29) is 17.9 Å². The average molecular weight is 380 g/mol. The molecule has 3 heterocycles. The molecule has 0 saturated carbocycles. The first-order valence-electron chi connectivity index (χ1n) is 9.03. The van der Waals surface area contributed by atoms with Crippen LogP contribution in [0.2, 0.25) is 0 Å². The van der Waals surface area contributed by atoms with Crippen molar-refractivity contribution < 1.29 is 13.2 Å². The predicted molar refractivity (Wildman–Crippen MR) is 103 cm³/mol. The molecule has 3 atom stereocenters. The molecular formula is C21H20N2O3S. The maximum atomic E-state index is 11.9. The summed E-state index contributed by atoms with van der Waals surface area (Å²) in [4.78, 5) is 4.65. The van der Waals surface area contributed by atoms with Crippen molar-refractivity contribution in [1.82, 2.24) is 9.55 Å². The zero-order chi connectivity index (χ0) is 18.8. The van der Waals surface area contributed by atoms with E-state index in [9.17, 15) is 8.42 Å². The molecule has 0 saturated heterocycles. The lowest BCUT2D eigenvalue weighted by Gasteiger charge is -2.36. The lowest BCUT2D eigenvalue weighted by atomic mass is 9.78. The summed E-state index contributed by atoms with van der Waals surface area (Å²) >= 11 is 0. The van der Waals surface area contributed by atoms with Crippen LogP contribution in [0.1, 0.15) is 30.0 Å². The largest absolute Gasteiger partial charge is 0.493 e. The molecule has 0 spiro atoms. The quantitative estimate of drug-likeness (QED) is 0.681. The van der Waals surface area contributed by atoms with Gasteiger partial charge in [0.2, 0.25) is 0 Å². The number of aromatic nitrogens is 2. The molecule has 0 amide bonds. The molecule has 27 heavy (non-hydrogen) atoms. The number of hydrogen-bond donors (Lipinski definition) is 0. The van der Waals surface area contributed by atoms with Gasteiger partial charge in [0.25, 0.3) is 0 Å². The summed E-state index contributed by atoms with van der Waals surface area (Å²) in [5, 5.41) is 0. The van der Waals surface area contributed by atoms with Crippen molar-refractivity contribution in [3.05, 3.63) is 66.1 Å². The highest BCUT2D eigenvalue weighted by Crippen LogP contribution is 2.49. The van der Waals surface area contributed by atoms with Gasteiger partial charge in [-0.25, -0.2) is 13.4 Å². The fourth-order valence-electron chi connectivity index (χ4n) is 4.48. The Balaban J connectivity index is 1.57. The third-order valence-electron chi connectivity index (χ3n) is 5.90. The average Bonchev–Trinajstić information content (AvgIpc) is 3.22. The summed E-state index contributed by atoms with van der Waals surface area (Å²) in [6.07, 6.45) is 5.04. The zero-order valence-corrected chi connectivity index (χ0v) is 16.0. The van der Waals surface area contributed by atoms with E-state index in [0.717, 1.165) is 11.3 Å². The highest BCUT2D eigenvalue weighted by atomic mass is 32.2. The topological polar surface area (TPSA) is 61.2 Å². The van der Waals surface area contributed by atoms with Gasteiger partial charge in [0.1, 0.15) is 5.75 Å². The number of ether oxygens (including phenoxy) is 1. The van der Waals surface area contributed by atoms with E-state index in [1.807, 2.05) is 18.6 Å². The fraction of sp³-hybridized carbons (Fsp3) is 0.286. The molecule has 0 fully saturated rings. The number of imidazole rings is 1. The number of benzene rings is 2. The van der Waals surface area contributed by atoms with Crippen molar-refractivity contribution in [2.45, 2.75) is 23.8 Å². The number of sulfone groups is 1. The van der Waals surface area contributed by atoms with Crippen LogP contribution in [-0.4, -0.2) is 30.8 Å². The van der Waals surface area contributed by atoms with Crippen LogP contribution >= 0.6 is 0 Å². The molecular weight excluding hydrogens is 360 g/mol. The molecule has 6 heteroatoms. The minimum Gasteiger partial charge on any atom is -0.493 e. The summed E-state index contributed by atoms with van der Waals surface area (Å²) in [6, 6.07) is 13.9. The maximum Gasteiger partial charge on any atom is 0.175 e. The molecule has 0 radical (unpaired) electrons. The smallest absolute Gasteiger partial charge is 0.175 e. The second-order valence-electron chi connectivity index (χ2n) is 7.45. The lowest BCUT2D eigenvalue weighted by molar-refractivity contribution is 0.166. The van der Waals surface area contributed by atoms with Gasteiger partial charge >= 0.3 is 0 Å². The fourth-order valence-corrected chi connectivity index (χ4v) is 5.12. The summed E-state index contributed by atoms with van der Waals surface area (Å²) in [5.74, 6) is 1.14. The third kappa shape index (κ3) is 2.43. The monoisotopic (exact) mass is 380 g/mol. The van der Waals surface area contributed by atoms with Crippen LogP contribution in [-0.2, 0) is 9.84 Å². The molecule has 0 bridgehead atoms. The molecule has 1 unspecified atom stereocenters. The van der Waals surface area contributed by atoms with Crippen molar-refractivity contribution in [3.63, 3.8) is 0 Å². The van der Waals surface area contributed by atoms with Crippen LogP contribution in [0.4, 0.5) is 0 Å². The minimum atomic E-state index is -3.25. The lowest BCUT2D eigenvalue weighted by Crippen LogP contribution is -2.31. The number of hydrogen-bond acceptors (Lipinski definition) is 4. The van der Waals surface area contributed by atoms with Gasteiger partial charge in [-0.2, -0.15) is 0 Å². The highest BCUT2D eigenvalue weighted by molar-refractivity contribution is 7.90. The summed E-state index contributed by atoms with van der Waals surface area (Å²) in [7, 11) is -3.25. The Labute approximate surface area is 158 Å². The summed E-state index contributed by atoms with van der Waals surface area (Å²) in [6.45, 7) is 2.74. The normalized spacial score (nSPS) is 23.3. The molecule has 0 N–H and O–H groups in total. The first-order chi connectivity index (χ1) is 12.9. The van der Waals surface area contributed by atoms with Gasteiger partial charge in [0.05, 0.1) is 35.8 Å². The summed E-state index contributed by atoms with van der Waals surface area (Å²) in [5.41, 5.74) is 4.72. The second kappa shape index (κ2) is 5.70. The molecule has 5 nitrogen and oxygen atoms in total. The van der Waals surface area contributed by atoms with Crippen molar-refractivity contribution in [2.24, 2.45) is 5.92 Å². The van der Waals surface area contributed by atoms with Crippen molar-refractivity contribution >= 4 is 9.84 Å². The molecule has 2 aliphatic rings. The molecule has 2 aromatic carbocycles. The molecule has 5 rings (SSSR count). The van der Waals surface area contributed by atoms with Crippen LogP contribution in [0.5, 0.6) is 5.75 Å². The highest BCUT2D eigenvalue weighted by Gasteiger charge is 2.40. The van der Waals surface area contributed by atoms with Gasteiger partial charge in [0, 0.05) is 17.7 Å². The first-order valence-corrected chi connectivity index (χ1v) is 10.9. The predicted octanol–water partition coefficient (Wildman–Crippen LogP) is 3.67. The minimum absolute atomic E-state index is 0.163. The van der Waals surface area contributed by atoms with Crippen LogP contribution < -0.4 is 4.74 Å². The molecule has 138 valence electrons. The number of fused-ring (bicyclic) bond motifs is 4. The Morgan fingerprint density at radius 2 is 1.96 bits per heavy atom. The van der Waals surface area contributed by atoms with E-state index in [1.54, 1.807) is 12.1 Å². The Hall–Kier alpha value is -2.60. The van der Waals surface area contributed by atoms with E-state index >= 15 is 0 Å². The first kappa shape index (κ1) is 16.6. The van der Waals surface area contributed by atoms with E-state index < -0.39 is 9.84 Å². The maximum absolute atomic E-state index is 11.9. The van der Waals surface area contributed by atoms with E-state index in [4.69, 9.17) is 4.74 Å². The van der Waals surface area contributed by atoms with Crippen LogP contribution in [0, 0.1) is 5.92 Å². The van der Waals surface area contributed by atoms with Gasteiger partial charge in [-0.3, -0.25) is 0 Å². The van der Waals surface area contributed by atoms with Gasteiger partial charge in [0.15, 0.2) is 9.84 Å². The second-order valence-corrected chi connectivity index (χ2v) is 9.47. The molecule has 2 aliphatic heterocycles. The Kier molecular flexibility index (Phi) is 3.49. The Bertz CT molecular complexity index is 1150. The number of rotatable bonds is 2. The molecule has 3 aromatic rings. The van der Waals surface area contributed by atoms with Gasteiger partial charge < -0.3 is 9.30 Å². The SMILES string of the molecule is CC1c2ccc(S(C)(=O)=O)cc2OC[C@H]1[C@@H]1c2ccccc2-c2cncn21. The Morgan fingerprint density at radius 3 is 2.78 bits per heavy atom. The standard InChI is InChI=1S/C21H20N2O3S/c1-13-15-8-7-14(27(2,24)25)9-20(15)26-11-18(13)21-17-6-4-3-5-16(17)19-10-22-12-23(19)21/h3-10,12-13,18,21H,11H2,1-2H3/t13?,18-,21+/m1/s1. The van der Waals surface area contributed by atoms with Crippen molar-refractivity contribution in [2.75, 3.05) is 12.9 Å². The van der Waals surface area contributed by atoms with E-state index in [0.29, 0.717) is 17.3 Å². The summed E-state index contributed by atoms with van der Waals surface area (Å²) < 4.78 is 32.0. The van der Waals surface area contributed by atoms with Crippen LogP contribution in [0.15, 0.2) is 59.9 Å². The van der Waals surface area contributed by atoms with Crippen LogP contribution in [0.3, 0.4) is 0 Å². The van der Waals surface area contributed by atoms with Gasteiger partial charge in [-0.15, -0.1) is 0 Å². The molecule has 1 aromatic heterocycles. The van der Waals surface area contributed by atoms with Gasteiger partial charge in [-0.05, 0) is 29.2 Å². The zero-order valence-electron chi connectivity index (χ0n) is 15.2. The Morgan fingerprint density at radius 1 is 1.15 bits per heavy atom. The molecule has 0 aliphatic carbocycles. The van der Waals surface area contributed by atoms with Crippen molar-refractivity contribution in [1.29, 1.82) is 0 Å². The van der Waals surface area contributed by atoms with Crippen LogP contribution in [0.25, 0.3) is 11.3 Å². The number of nitrogens with zero attached hydrogens (tertiary/aromatic N) is 2. The third-order valence-corrected chi connectivity index (χ3v) is 7.01. The van der Waals surface area contributed by atoms with E-state index in [2.05, 4.69) is 40.7 Å². The van der Waals surface area contributed by atoms with Crippen molar-refractivity contribution in [3.8, 4) is 17.0 Å².